The van der Waals surface area contributed by atoms with Gasteiger partial charge in [-0.05, 0) is 40.8 Å². The van der Waals surface area contributed by atoms with Crippen molar-refractivity contribution in [3.8, 4) is 6.07 Å². The highest BCUT2D eigenvalue weighted by molar-refractivity contribution is 14.1. The van der Waals surface area contributed by atoms with E-state index in [-0.39, 0.29) is 5.91 Å². The minimum atomic E-state index is -0.0146. The van der Waals surface area contributed by atoms with Crippen LogP contribution in [0.15, 0.2) is 22.7 Å². The molecule has 0 aliphatic carbocycles. The molecule has 0 bridgehead atoms. The highest BCUT2D eigenvalue weighted by atomic mass is 127. The first kappa shape index (κ1) is 18.6. The molecule has 124 valence electrons. The van der Waals surface area contributed by atoms with Gasteiger partial charge in [0, 0.05) is 40.8 Å². The Labute approximate surface area is 158 Å². The van der Waals surface area contributed by atoms with E-state index < -0.39 is 0 Å². The number of hydrogen-bond donors (Lipinski definition) is 0. The minimum absolute atomic E-state index is 0.0146. The van der Waals surface area contributed by atoms with Crippen LogP contribution in [0.4, 0.5) is 0 Å². The Hall–Kier alpha value is -0.690. The summed E-state index contributed by atoms with van der Waals surface area (Å²) in [6, 6.07) is 7.82. The van der Waals surface area contributed by atoms with Crippen molar-refractivity contribution in [1.29, 1.82) is 5.26 Å². The minimum Gasteiger partial charge on any atom is -0.379 e. The molecular weight excluding hydrogens is 473 g/mol. The normalized spacial score (nSPS) is 15.2. The van der Waals surface area contributed by atoms with Crippen molar-refractivity contribution in [3.05, 3.63) is 31.8 Å². The number of hydrogen-bond acceptors (Lipinski definition) is 4. The summed E-state index contributed by atoms with van der Waals surface area (Å²) in [4.78, 5) is 16.9. The number of nitrogens with zero attached hydrogens (tertiary/aromatic N) is 3. The van der Waals surface area contributed by atoms with Crippen molar-refractivity contribution >= 4 is 44.4 Å². The summed E-state index contributed by atoms with van der Waals surface area (Å²) >= 11 is 5.59. The molecular formula is C16H19BrIN3O2. The molecule has 1 aliphatic rings. The van der Waals surface area contributed by atoms with Crippen LogP contribution in [0.5, 0.6) is 0 Å². The van der Waals surface area contributed by atoms with E-state index >= 15 is 0 Å². The van der Waals surface area contributed by atoms with Gasteiger partial charge in [0.05, 0.1) is 31.3 Å². The molecule has 1 aromatic rings. The molecule has 0 spiro atoms. The van der Waals surface area contributed by atoms with Crippen LogP contribution in [0.25, 0.3) is 0 Å². The van der Waals surface area contributed by atoms with Gasteiger partial charge >= 0.3 is 0 Å². The molecule has 1 aliphatic heterocycles. The summed E-state index contributed by atoms with van der Waals surface area (Å²) in [6.07, 6.45) is 0.347. The van der Waals surface area contributed by atoms with E-state index in [9.17, 15) is 4.79 Å². The number of halogens is 2. The highest BCUT2D eigenvalue weighted by Crippen LogP contribution is 2.20. The maximum Gasteiger partial charge on any atom is 0.255 e. The Bertz CT molecular complexity index is 585. The topological polar surface area (TPSA) is 56.6 Å². The van der Waals surface area contributed by atoms with E-state index in [0.717, 1.165) is 40.9 Å². The number of carbonyl (C=O) groups is 1. The van der Waals surface area contributed by atoms with Crippen molar-refractivity contribution in [2.75, 3.05) is 45.9 Å². The Morgan fingerprint density at radius 2 is 2.13 bits per heavy atom. The highest BCUT2D eigenvalue weighted by Gasteiger charge is 2.20. The summed E-state index contributed by atoms with van der Waals surface area (Å²) in [5.74, 6) is -0.0146. The number of ether oxygens (including phenoxy) is 1. The molecule has 1 fully saturated rings. The lowest BCUT2D eigenvalue weighted by atomic mass is 10.2. The van der Waals surface area contributed by atoms with Gasteiger partial charge in [0.15, 0.2) is 0 Å². The molecule has 0 aromatic heterocycles. The maximum absolute atomic E-state index is 12.8. The molecule has 1 saturated heterocycles. The standard InChI is InChI=1S/C16H19BrIN3O2/c17-13-2-3-15(18)14(12-13)16(22)21(5-1-4-19)7-6-20-8-10-23-11-9-20/h2-3,12H,1,5-11H2. The van der Waals surface area contributed by atoms with E-state index in [1.54, 1.807) is 4.90 Å². The van der Waals surface area contributed by atoms with Crippen LogP contribution in [0, 0.1) is 14.9 Å². The zero-order chi connectivity index (χ0) is 16.7. The predicted octanol–water partition coefficient (Wildman–Crippen LogP) is 2.74. The fraction of sp³-hybridized carbons (Fsp3) is 0.500. The molecule has 1 amide bonds. The van der Waals surface area contributed by atoms with Crippen LogP contribution in [-0.2, 0) is 4.74 Å². The van der Waals surface area contributed by atoms with Gasteiger partial charge < -0.3 is 9.64 Å². The number of benzene rings is 1. The lowest BCUT2D eigenvalue weighted by Crippen LogP contribution is -2.43. The van der Waals surface area contributed by atoms with E-state index in [0.29, 0.717) is 25.1 Å². The van der Waals surface area contributed by atoms with Crippen LogP contribution in [0.1, 0.15) is 16.8 Å². The zero-order valence-electron chi connectivity index (χ0n) is 12.8. The first-order chi connectivity index (χ1) is 11.1. The number of carbonyl (C=O) groups excluding carboxylic acids is 1. The Morgan fingerprint density at radius 1 is 1.39 bits per heavy atom. The SMILES string of the molecule is N#CCCN(CCN1CCOCC1)C(=O)c1cc(Br)ccc1I. The number of nitriles is 1. The van der Waals surface area contributed by atoms with Crippen LogP contribution in [0.2, 0.25) is 0 Å². The summed E-state index contributed by atoms with van der Waals surface area (Å²) in [6.45, 7) is 5.19. The molecule has 0 N–H and O–H groups in total. The molecule has 0 unspecified atom stereocenters. The fourth-order valence-corrected chi connectivity index (χ4v) is 3.35. The third-order valence-corrected chi connectivity index (χ3v) is 5.16. The van der Waals surface area contributed by atoms with E-state index in [1.165, 1.54) is 0 Å². The fourth-order valence-electron chi connectivity index (χ4n) is 2.42. The van der Waals surface area contributed by atoms with Crippen molar-refractivity contribution in [3.63, 3.8) is 0 Å². The first-order valence-corrected chi connectivity index (χ1v) is 9.40. The van der Waals surface area contributed by atoms with E-state index in [1.807, 2.05) is 18.2 Å². The Balaban J connectivity index is 2.05. The molecule has 1 heterocycles. The average Bonchev–Trinajstić information content (AvgIpc) is 2.57. The third-order valence-electron chi connectivity index (χ3n) is 3.73. The molecule has 0 atom stereocenters. The van der Waals surface area contributed by atoms with E-state index in [4.69, 9.17) is 10.00 Å². The summed E-state index contributed by atoms with van der Waals surface area (Å²) in [5.41, 5.74) is 0.680. The van der Waals surface area contributed by atoms with Crippen molar-refractivity contribution in [2.45, 2.75) is 6.42 Å². The van der Waals surface area contributed by atoms with Gasteiger partial charge in [-0.3, -0.25) is 9.69 Å². The smallest absolute Gasteiger partial charge is 0.255 e. The molecule has 0 radical (unpaired) electrons. The average molecular weight is 492 g/mol. The van der Waals surface area contributed by atoms with Crippen molar-refractivity contribution < 1.29 is 9.53 Å². The van der Waals surface area contributed by atoms with Crippen LogP contribution in [0.3, 0.4) is 0 Å². The second-order valence-electron chi connectivity index (χ2n) is 5.28. The zero-order valence-corrected chi connectivity index (χ0v) is 16.5. The third kappa shape index (κ3) is 5.71. The van der Waals surface area contributed by atoms with Crippen molar-refractivity contribution in [2.24, 2.45) is 0 Å². The predicted molar refractivity (Wildman–Crippen MR) is 100 cm³/mol. The molecule has 0 saturated carbocycles. The van der Waals surface area contributed by atoms with Crippen LogP contribution >= 0.6 is 38.5 Å². The largest absolute Gasteiger partial charge is 0.379 e. The molecule has 5 nitrogen and oxygen atoms in total. The summed E-state index contributed by atoms with van der Waals surface area (Å²) in [5, 5.41) is 8.86. The number of amides is 1. The molecule has 7 heteroatoms. The van der Waals surface area contributed by atoms with Gasteiger partial charge in [0.2, 0.25) is 0 Å². The van der Waals surface area contributed by atoms with Crippen LogP contribution < -0.4 is 0 Å². The van der Waals surface area contributed by atoms with Gasteiger partial charge in [-0.1, -0.05) is 15.9 Å². The van der Waals surface area contributed by atoms with Gasteiger partial charge in [-0.25, -0.2) is 0 Å². The van der Waals surface area contributed by atoms with Gasteiger partial charge in [-0.15, -0.1) is 0 Å². The van der Waals surface area contributed by atoms with Gasteiger partial charge in [-0.2, -0.15) is 5.26 Å². The quantitative estimate of drug-likeness (QED) is 0.574. The van der Waals surface area contributed by atoms with Gasteiger partial charge in [0.25, 0.3) is 5.91 Å². The molecule has 1 aromatic carbocycles. The van der Waals surface area contributed by atoms with Gasteiger partial charge in [0.1, 0.15) is 0 Å². The molecule has 2 rings (SSSR count). The maximum atomic E-state index is 12.8. The lowest BCUT2D eigenvalue weighted by Gasteiger charge is -2.30. The summed E-state index contributed by atoms with van der Waals surface area (Å²) < 4.78 is 7.15. The monoisotopic (exact) mass is 491 g/mol. The second kappa shape index (κ2) is 9.57. The number of morpholine rings is 1. The molecule has 23 heavy (non-hydrogen) atoms. The van der Waals surface area contributed by atoms with Crippen LogP contribution in [-0.4, -0.2) is 61.6 Å². The van der Waals surface area contributed by atoms with E-state index in [2.05, 4.69) is 49.5 Å². The number of rotatable bonds is 6. The summed E-state index contributed by atoms with van der Waals surface area (Å²) in [7, 11) is 0. The first-order valence-electron chi connectivity index (χ1n) is 7.53. The Morgan fingerprint density at radius 3 is 2.83 bits per heavy atom. The lowest BCUT2D eigenvalue weighted by molar-refractivity contribution is 0.0326. The second-order valence-corrected chi connectivity index (χ2v) is 7.36. The Kier molecular flexibility index (Phi) is 7.76. The van der Waals surface area contributed by atoms with Crippen molar-refractivity contribution in [1.82, 2.24) is 9.80 Å².